The molecule has 192 valence electrons. The monoisotopic (exact) mass is 518 g/mol. The van der Waals surface area contributed by atoms with Crippen LogP contribution >= 0.6 is 0 Å². The number of benzene rings is 2. The van der Waals surface area contributed by atoms with Crippen LogP contribution < -0.4 is 4.74 Å². The minimum atomic E-state index is -4.39. The molecule has 11 heteroatoms. The lowest BCUT2D eigenvalue weighted by Gasteiger charge is -2.43. The van der Waals surface area contributed by atoms with E-state index in [1.165, 1.54) is 28.6 Å². The molecule has 2 aromatic carbocycles. The molecule has 2 fully saturated rings. The molecule has 2 heterocycles. The van der Waals surface area contributed by atoms with E-state index in [-0.39, 0.29) is 12.0 Å². The number of rotatable bonds is 6. The molecule has 0 N–H and O–H groups in total. The van der Waals surface area contributed by atoms with E-state index in [1.807, 2.05) is 11.8 Å². The average molecular weight is 519 g/mol. The van der Waals surface area contributed by atoms with E-state index in [9.17, 15) is 30.4 Å². The third kappa shape index (κ3) is 5.78. The van der Waals surface area contributed by atoms with Gasteiger partial charge in [0.1, 0.15) is 6.10 Å². The van der Waals surface area contributed by atoms with Crippen molar-refractivity contribution in [2.75, 3.05) is 32.4 Å². The molecule has 2 aromatic rings. The maximum Gasteiger partial charge on any atom is 0.416 e. The summed E-state index contributed by atoms with van der Waals surface area (Å²) in [6.45, 7) is 3.23. The summed E-state index contributed by atoms with van der Waals surface area (Å²) >= 11 is 0. The van der Waals surface area contributed by atoms with Crippen molar-refractivity contribution in [1.82, 2.24) is 9.21 Å². The van der Waals surface area contributed by atoms with Gasteiger partial charge in [-0.05, 0) is 61.1 Å². The molecule has 0 bridgehead atoms. The summed E-state index contributed by atoms with van der Waals surface area (Å²) in [5, 5.41) is 0. The number of piperidine rings is 1. The van der Waals surface area contributed by atoms with Gasteiger partial charge in [0, 0.05) is 32.2 Å². The standard InChI is InChI=1S/C24H27F5N2O3S/c1-15(16-3-5-19(6-4-16)24(27,28)29)30-13-20(14-30)34-23-21(25)11-18(12-22(23)26)17-7-9-31(10-8-17)35(2,32)33/h3-6,11-12,15,17,20H,7-10,13-14H2,1-2H3. The van der Waals surface area contributed by atoms with E-state index in [1.54, 1.807) is 0 Å². The van der Waals surface area contributed by atoms with E-state index < -0.39 is 45.3 Å². The van der Waals surface area contributed by atoms with Gasteiger partial charge in [-0.1, -0.05) is 12.1 Å². The molecule has 4 rings (SSSR count). The Labute approximate surface area is 201 Å². The van der Waals surface area contributed by atoms with Crippen molar-refractivity contribution in [2.24, 2.45) is 0 Å². The second kappa shape index (κ2) is 9.67. The molecule has 5 nitrogen and oxygen atoms in total. The van der Waals surface area contributed by atoms with E-state index in [0.29, 0.717) is 50.1 Å². The van der Waals surface area contributed by atoms with Crippen LogP contribution in [-0.2, 0) is 16.2 Å². The zero-order valence-electron chi connectivity index (χ0n) is 19.4. The molecule has 35 heavy (non-hydrogen) atoms. The molecule has 0 saturated carbocycles. The van der Waals surface area contributed by atoms with Crippen LogP contribution in [0.1, 0.15) is 48.4 Å². The smallest absolute Gasteiger partial charge is 0.416 e. The molecule has 0 amide bonds. The predicted molar refractivity (Wildman–Crippen MR) is 121 cm³/mol. The highest BCUT2D eigenvalue weighted by Crippen LogP contribution is 2.36. The molecule has 0 spiro atoms. The lowest BCUT2D eigenvalue weighted by molar-refractivity contribution is -0.137. The van der Waals surface area contributed by atoms with Crippen LogP contribution in [0.3, 0.4) is 0 Å². The lowest BCUT2D eigenvalue weighted by atomic mass is 9.90. The number of ether oxygens (including phenoxy) is 1. The fourth-order valence-corrected chi connectivity index (χ4v) is 5.51. The molecule has 1 unspecified atom stereocenters. The summed E-state index contributed by atoms with van der Waals surface area (Å²) in [7, 11) is -3.28. The second-order valence-corrected chi connectivity index (χ2v) is 11.2. The van der Waals surface area contributed by atoms with Gasteiger partial charge in [-0.3, -0.25) is 4.90 Å². The Morgan fingerprint density at radius 3 is 2.03 bits per heavy atom. The topological polar surface area (TPSA) is 49.9 Å². The minimum absolute atomic E-state index is 0.144. The summed E-state index contributed by atoms with van der Waals surface area (Å²) in [5.41, 5.74) is 0.473. The van der Waals surface area contributed by atoms with Crippen LogP contribution in [0.4, 0.5) is 22.0 Å². The molecule has 2 aliphatic rings. The van der Waals surface area contributed by atoms with Gasteiger partial charge in [-0.25, -0.2) is 21.5 Å². The first-order valence-electron chi connectivity index (χ1n) is 11.3. The molecular weight excluding hydrogens is 491 g/mol. The zero-order chi connectivity index (χ0) is 25.5. The Kier molecular flexibility index (Phi) is 7.14. The quantitative estimate of drug-likeness (QED) is 0.508. The number of halogens is 5. The van der Waals surface area contributed by atoms with Crippen LogP contribution in [0.25, 0.3) is 0 Å². The van der Waals surface area contributed by atoms with E-state index in [4.69, 9.17) is 4.74 Å². The highest BCUT2D eigenvalue weighted by atomic mass is 32.2. The fraction of sp³-hybridized carbons (Fsp3) is 0.500. The SMILES string of the molecule is CC(c1ccc(C(F)(F)F)cc1)N1CC(Oc2c(F)cc(C3CCN(S(C)(=O)=O)CC3)cc2F)C1. The summed E-state index contributed by atoms with van der Waals surface area (Å²) in [4.78, 5) is 1.95. The Hall–Kier alpha value is -2.24. The van der Waals surface area contributed by atoms with E-state index >= 15 is 0 Å². The average Bonchev–Trinajstić information content (AvgIpc) is 2.76. The molecule has 2 saturated heterocycles. The van der Waals surface area contributed by atoms with Crippen molar-refractivity contribution >= 4 is 10.0 Å². The highest BCUT2D eigenvalue weighted by molar-refractivity contribution is 7.88. The maximum absolute atomic E-state index is 14.7. The first-order valence-corrected chi connectivity index (χ1v) is 13.2. The van der Waals surface area contributed by atoms with Crippen LogP contribution in [0.2, 0.25) is 0 Å². The van der Waals surface area contributed by atoms with Crippen LogP contribution in [0.5, 0.6) is 5.75 Å². The molecule has 0 radical (unpaired) electrons. The lowest BCUT2D eigenvalue weighted by Crippen LogP contribution is -2.54. The van der Waals surface area contributed by atoms with E-state index in [0.717, 1.165) is 18.4 Å². The van der Waals surface area contributed by atoms with Gasteiger partial charge < -0.3 is 4.74 Å². The van der Waals surface area contributed by atoms with Crippen molar-refractivity contribution < 1.29 is 35.1 Å². The van der Waals surface area contributed by atoms with E-state index in [2.05, 4.69) is 0 Å². The molecule has 1 atom stereocenters. The molecule has 2 aliphatic heterocycles. The number of likely N-dealkylation sites (tertiary alicyclic amines) is 1. The Bertz CT molecular complexity index is 1130. The van der Waals surface area contributed by atoms with Gasteiger partial charge in [-0.2, -0.15) is 13.2 Å². The molecule has 0 aromatic heterocycles. The number of sulfonamides is 1. The zero-order valence-corrected chi connectivity index (χ0v) is 20.2. The van der Waals surface area contributed by atoms with Gasteiger partial charge in [0.15, 0.2) is 17.4 Å². The summed E-state index contributed by atoms with van der Waals surface area (Å²) < 4.78 is 98.0. The largest absolute Gasteiger partial charge is 0.482 e. The van der Waals surface area contributed by atoms with Gasteiger partial charge >= 0.3 is 6.18 Å². The Morgan fingerprint density at radius 2 is 1.54 bits per heavy atom. The summed E-state index contributed by atoms with van der Waals surface area (Å²) in [6, 6.07) is 7.27. The minimum Gasteiger partial charge on any atom is -0.482 e. The van der Waals surface area contributed by atoms with Crippen molar-refractivity contribution in [2.45, 2.75) is 44.0 Å². The highest BCUT2D eigenvalue weighted by Gasteiger charge is 2.35. The third-order valence-corrected chi connectivity index (χ3v) is 8.15. The number of nitrogens with zero attached hydrogens (tertiary/aromatic N) is 2. The maximum atomic E-state index is 14.7. The van der Waals surface area contributed by atoms with Gasteiger partial charge in [0.2, 0.25) is 10.0 Å². The predicted octanol–water partition coefficient (Wildman–Crippen LogP) is 4.95. The van der Waals surface area contributed by atoms with Crippen molar-refractivity contribution in [3.63, 3.8) is 0 Å². The Morgan fingerprint density at radius 1 is 1.00 bits per heavy atom. The number of hydrogen-bond donors (Lipinski definition) is 0. The molecular formula is C24H27F5N2O3S. The van der Waals surface area contributed by atoms with Gasteiger partial charge in [-0.15, -0.1) is 0 Å². The Balaban J connectivity index is 1.34. The normalized spacial score (nSPS) is 20.0. The summed E-state index contributed by atoms with van der Waals surface area (Å²) in [6.07, 6.45) is -2.74. The number of hydrogen-bond acceptors (Lipinski definition) is 4. The molecule has 0 aliphatic carbocycles. The fourth-order valence-electron chi connectivity index (χ4n) is 4.64. The van der Waals surface area contributed by atoms with Crippen molar-refractivity contribution in [1.29, 1.82) is 0 Å². The first-order chi connectivity index (χ1) is 16.3. The number of alkyl halides is 3. The summed E-state index contributed by atoms with van der Waals surface area (Å²) in [5.74, 6) is -2.21. The first kappa shape index (κ1) is 25.8. The van der Waals surface area contributed by atoms with Crippen LogP contribution in [0.15, 0.2) is 36.4 Å². The second-order valence-electron chi connectivity index (χ2n) is 9.24. The van der Waals surface area contributed by atoms with Crippen LogP contribution in [0, 0.1) is 11.6 Å². The third-order valence-electron chi connectivity index (χ3n) is 6.84. The van der Waals surface area contributed by atoms with Crippen LogP contribution in [-0.4, -0.2) is 56.2 Å². The van der Waals surface area contributed by atoms with Gasteiger partial charge in [0.05, 0.1) is 11.8 Å². The van der Waals surface area contributed by atoms with Gasteiger partial charge in [0.25, 0.3) is 0 Å². The van der Waals surface area contributed by atoms with Crippen molar-refractivity contribution in [3.05, 3.63) is 64.7 Å². The van der Waals surface area contributed by atoms with Crippen molar-refractivity contribution in [3.8, 4) is 5.75 Å².